The minimum atomic E-state index is -1.24. The highest BCUT2D eigenvalue weighted by Gasteiger charge is 2.25. The molecule has 15 heavy (non-hydrogen) atoms. The van der Waals surface area contributed by atoms with Gasteiger partial charge in [0.2, 0.25) is 0 Å². The molecule has 0 bridgehead atoms. The van der Waals surface area contributed by atoms with Crippen LogP contribution < -0.4 is 0 Å². The fraction of sp³-hybridized carbons (Fsp3) is 0.400. The molecule has 3 nitrogen and oxygen atoms in total. The van der Waals surface area contributed by atoms with Crippen molar-refractivity contribution in [3.05, 3.63) is 29.0 Å². The maximum absolute atomic E-state index is 11.6. The van der Waals surface area contributed by atoms with Crippen LogP contribution in [0.25, 0.3) is 0 Å². The Morgan fingerprint density at radius 2 is 2.20 bits per heavy atom. The molecule has 0 aromatic carbocycles. The van der Waals surface area contributed by atoms with E-state index in [0.717, 1.165) is 5.56 Å². The van der Waals surface area contributed by atoms with E-state index in [-0.39, 0.29) is 4.75 Å². The van der Waals surface area contributed by atoms with Gasteiger partial charge in [0.1, 0.15) is 21.3 Å². The molecule has 0 aliphatic rings. The summed E-state index contributed by atoms with van der Waals surface area (Å²) in [6.45, 7) is 5.62. The molecule has 0 aliphatic heterocycles. The van der Waals surface area contributed by atoms with E-state index in [9.17, 15) is 4.55 Å². The van der Waals surface area contributed by atoms with Gasteiger partial charge in [-0.15, -0.1) is 0 Å². The van der Waals surface area contributed by atoms with Crippen LogP contribution in [-0.2, 0) is 11.4 Å². The Balaban J connectivity index is 2.74. The molecule has 1 heterocycles. The second-order valence-corrected chi connectivity index (χ2v) is 6.33. The Morgan fingerprint density at radius 1 is 1.53 bits per heavy atom. The number of pyridine rings is 1. The predicted molar refractivity (Wildman–Crippen MR) is 64.7 cm³/mol. The Kier molecular flexibility index (Phi) is 4.13. The maximum Gasteiger partial charge on any atom is 0.144 e. The van der Waals surface area contributed by atoms with Crippen molar-refractivity contribution in [2.45, 2.75) is 25.5 Å². The Bertz CT molecular complexity index is 363. The van der Waals surface area contributed by atoms with E-state index < -0.39 is 11.4 Å². The largest absolute Gasteiger partial charge is 0.591 e. The zero-order valence-electron chi connectivity index (χ0n) is 8.90. The summed E-state index contributed by atoms with van der Waals surface area (Å²) in [5, 5.41) is 0.403. The van der Waals surface area contributed by atoms with Crippen molar-refractivity contribution >= 4 is 29.2 Å². The molecular weight excluding hydrogens is 232 g/mol. The highest BCUT2D eigenvalue weighted by atomic mass is 35.5. The number of halogens is 1. The van der Waals surface area contributed by atoms with E-state index in [4.69, 9.17) is 11.6 Å². The van der Waals surface area contributed by atoms with Crippen molar-refractivity contribution in [3.63, 3.8) is 0 Å². The van der Waals surface area contributed by atoms with E-state index in [1.54, 1.807) is 24.5 Å². The van der Waals surface area contributed by atoms with Gasteiger partial charge in [0.25, 0.3) is 0 Å². The lowest BCUT2D eigenvalue weighted by Gasteiger charge is -2.17. The first-order valence-corrected chi connectivity index (χ1v) is 5.96. The number of rotatable bonds is 2. The molecule has 0 N–H and O–H groups in total. The van der Waals surface area contributed by atoms with Gasteiger partial charge in [0, 0.05) is 11.8 Å². The topological polar surface area (TPSA) is 48.3 Å². The molecule has 0 radical (unpaired) electrons. The van der Waals surface area contributed by atoms with E-state index in [1.165, 1.54) is 0 Å². The molecular formula is C10H13ClN2OS. The van der Waals surface area contributed by atoms with Gasteiger partial charge >= 0.3 is 0 Å². The number of hydrogen-bond acceptors (Lipinski definition) is 3. The average Bonchev–Trinajstić information content (AvgIpc) is 2.12. The zero-order valence-corrected chi connectivity index (χ0v) is 10.5. The fourth-order valence-corrected chi connectivity index (χ4v) is 1.48. The van der Waals surface area contributed by atoms with Gasteiger partial charge < -0.3 is 4.55 Å². The Morgan fingerprint density at radius 3 is 2.73 bits per heavy atom. The third-order valence-electron chi connectivity index (χ3n) is 1.57. The molecule has 5 heteroatoms. The van der Waals surface area contributed by atoms with Gasteiger partial charge in [0.05, 0.1) is 6.21 Å². The lowest BCUT2D eigenvalue weighted by atomic mass is 10.3. The fourth-order valence-electron chi connectivity index (χ4n) is 0.765. The Labute approximate surface area is 97.9 Å². The normalized spacial score (nSPS) is 14.5. The third-order valence-corrected chi connectivity index (χ3v) is 3.12. The van der Waals surface area contributed by atoms with Crippen molar-refractivity contribution in [1.29, 1.82) is 0 Å². The van der Waals surface area contributed by atoms with E-state index in [1.807, 2.05) is 20.8 Å². The molecule has 1 rings (SSSR count). The summed E-state index contributed by atoms with van der Waals surface area (Å²) < 4.78 is 15.2. The monoisotopic (exact) mass is 244 g/mol. The molecule has 0 saturated carbocycles. The van der Waals surface area contributed by atoms with Gasteiger partial charge in [-0.1, -0.05) is 16.0 Å². The molecule has 0 unspecified atom stereocenters. The predicted octanol–water partition coefficient (Wildman–Crippen LogP) is 2.62. The first-order valence-electron chi connectivity index (χ1n) is 4.47. The summed E-state index contributed by atoms with van der Waals surface area (Å²) in [7, 11) is 0. The van der Waals surface area contributed by atoms with Crippen LogP contribution in [0.4, 0.5) is 0 Å². The van der Waals surface area contributed by atoms with Crippen molar-refractivity contribution in [2.75, 3.05) is 0 Å². The quantitative estimate of drug-likeness (QED) is 0.456. The average molecular weight is 245 g/mol. The molecule has 0 spiro atoms. The van der Waals surface area contributed by atoms with Gasteiger partial charge in [-0.05, 0) is 32.9 Å². The van der Waals surface area contributed by atoms with Crippen LogP contribution in [0.5, 0.6) is 0 Å². The number of nitrogens with zero attached hydrogens (tertiary/aromatic N) is 2. The summed E-state index contributed by atoms with van der Waals surface area (Å²) >= 11 is 4.46. The first-order chi connectivity index (χ1) is 6.89. The lowest BCUT2D eigenvalue weighted by Crippen LogP contribution is -2.25. The van der Waals surface area contributed by atoms with Gasteiger partial charge in [0.15, 0.2) is 0 Å². The van der Waals surface area contributed by atoms with Crippen molar-refractivity contribution in [2.24, 2.45) is 4.40 Å². The SMILES string of the molecule is CC(C)(C)[S@+]([O-])/N=C/c1ccnc(Cl)c1. The standard InChI is InChI=1S/C10H13ClN2OS/c1-10(2,3)15(14)13-7-8-4-5-12-9(11)6-8/h4-7H,1-3H3/b13-7+/t15-/m0/s1. The maximum atomic E-state index is 11.6. The van der Waals surface area contributed by atoms with Crippen LogP contribution >= 0.6 is 11.6 Å². The summed E-state index contributed by atoms with van der Waals surface area (Å²) in [6, 6.07) is 3.43. The van der Waals surface area contributed by atoms with Crippen LogP contribution in [0, 0.1) is 0 Å². The van der Waals surface area contributed by atoms with E-state index in [0.29, 0.717) is 5.15 Å². The molecule has 1 aromatic heterocycles. The van der Waals surface area contributed by atoms with Crippen molar-refractivity contribution < 1.29 is 4.55 Å². The minimum absolute atomic E-state index is 0.340. The van der Waals surface area contributed by atoms with Crippen LogP contribution in [0.3, 0.4) is 0 Å². The van der Waals surface area contributed by atoms with Gasteiger partial charge in [-0.2, -0.15) is 0 Å². The first kappa shape index (κ1) is 12.5. The molecule has 82 valence electrons. The molecule has 0 amide bonds. The molecule has 0 saturated heterocycles. The Hall–Kier alpha value is -0.580. The summed E-state index contributed by atoms with van der Waals surface area (Å²) in [5.41, 5.74) is 0.799. The highest BCUT2D eigenvalue weighted by Crippen LogP contribution is 2.17. The summed E-state index contributed by atoms with van der Waals surface area (Å²) in [4.78, 5) is 3.84. The van der Waals surface area contributed by atoms with Crippen LogP contribution in [0.1, 0.15) is 26.3 Å². The van der Waals surface area contributed by atoms with Gasteiger partial charge in [-0.3, -0.25) is 0 Å². The van der Waals surface area contributed by atoms with Crippen molar-refractivity contribution in [3.8, 4) is 0 Å². The van der Waals surface area contributed by atoms with E-state index >= 15 is 0 Å². The zero-order chi connectivity index (χ0) is 11.5. The smallest absolute Gasteiger partial charge is 0.144 e. The van der Waals surface area contributed by atoms with Gasteiger partial charge in [-0.25, -0.2) is 4.98 Å². The second kappa shape index (κ2) is 4.96. The van der Waals surface area contributed by atoms with Crippen LogP contribution in [0.2, 0.25) is 5.15 Å². The summed E-state index contributed by atoms with van der Waals surface area (Å²) in [5.74, 6) is 0. The third kappa shape index (κ3) is 4.20. The molecule has 1 atom stereocenters. The molecule has 0 aliphatic carbocycles. The second-order valence-electron chi connectivity index (χ2n) is 4.01. The van der Waals surface area contributed by atoms with E-state index in [2.05, 4.69) is 9.38 Å². The summed E-state index contributed by atoms with van der Waals surface area (Å²) in [6.07, 6.45) is 3.14. The lowest BCUT2D eigenvalue weighted by molar-refractivity contribution is 0.562. The van der Waals surface area contributed by atoms with Crippen molar-refractivity contribution in [1.82, 2.24) is 4.98 Å². The minimum Gasteiger partial charge on any atom is -0.591 e. The number of hydrogen-bond donors (Lipinski definition) is 0. The molecule has 0 fully saturated rings. The van der Waals surface area contributed by atoms with Crippen LogP contribution in [0.15, 0.2) is 22.7 Å². The highest BCUT2D eigenvalue weighted by molar-refractivity contribution is 7.91. The molecule has 1 aromatic rings. The van der Waals surface area contributed by atoms with Crippen LogP contribution in [-0.4, -0.2) is 20.5 Å². The number of aromatic nitrogens is 1.